The van der Waals surface area contributed by atoms with Crippen molar-refractivity contribution in [2.75, 3.05) is 26.8 Å². The lowest BCUT2D eigenvalue weighted by atomic mass is 10.1. The standard InChI is InChI=1S/C14H21BrN2O3/c1-11(2)9-16(7-8-20-3)10-12-5-4-6-13(14(12)15)17(18)19/h4-6,11H,7-10H2,1-3H3. The zero-order valence-electron chi connectivity index (χ0n) is 12.1. The van der Waals surface area contributed by atoms with Gasteiger partial charge >= 0.3 is 0 Å². The fraction of sp³-hybridized carbons (Fsp3) is 0.571. The van der Waals surface area contributed by atoms with Gasteiger partial charge in [-0.05, 0) is 27.4 Å². The molecule has 0 saturated heterocycles. The summed E-state index contributed by atoms with van der Waals surface area (Å²) < 4.78 is 5.69. The molecule has 112 valence electrons. The smallest absolute Gasteiger partial charge is 0.283 e. The minimum absolute atomic E-state index is 0.110. The highest BCUT2D eigenvalue weighted by atomic mass is 79.9. The van der Waals surface area contributed by atoms with Crippen molar-refractivity contribution in [2.24, 2.45) is 5.92 Å². The Morgan fingerprint density at radius 2 is 2.15 bits per heavy atom. The van der Waals surface area contributed by atoms with Crippen molar-refractivity contribution in [1.82, 2.24) is 4.90 Å². The van der Waals surface area contributed by atoms with Gasteiger partial charge in [-0.2, -0.15) is 0 Å². The molecule has 0 aliphatic carbocycles. The highest BCUT2D eigenvalue weighted by Gasteiger charge is 2.17. The third-order valence-corrected chi connectivity index (χ3v) is 3.80. The highest BCUT2D eigenvalue weighted by Crippen LogP contribution is 2.29. The molecule has 0 unspecified atom stereocenters. The summed E-state index contributed by atoms with van der Waals surface area (Å²) in [5, 5.41) is 11.0. The largest absolute Gasteiger partial charge is 0.383 e. The molecule has 0 atom stereocenters. The molecule has 0 saturated carbocycles. The van der Waals surface area contributed by atoms with Crippen molar-refractivity contribution in [3.63, 3.8) is 0 Å². The van der Waals surface area contributed by atoms with Gasteiger partial charge in [0.15, 0.2) is 0 Å². The summed E-state index contributed by atoms with van der Waals surface area (Å²) in [4.78, 5) is 12.8. The molecule has 0 aromatic heterocycles. The van der Waals surface area contributed by atoms with E-state index in [-0.39, 0.29) is 10.6 Å². The lowest BCUT2D eigenvalue weighted by Crippen LogP contribution is -2.30. The number of rotatable bonds is 8. The van der Waals surface area contributed by atoms with Gasteiger partial charge in [0.2, 0.25) is 0 Å². The maximum atomic E-state index is 11.0. The summed E-state index contributed by atoms with van der Waals surface area (Å²) in [6.07, 6.45) is 0. The Labute approximate surface area is 128 Å². The summed E-state index contributed by atoms with van der Waals surface area (Å²) in [6, 6.07) is 5.15. The van der Waals surface area contributed by atoms with E-state index in [2.05, 4.69) is 34.7 Å². The van der Waals surface area contributed by atoms with Crippen LogP contribution in [-0.4, -0.2) is 36.6 Å². The molecule has 0 bridgehead atoms. The van der Waals surface area contributed by atoms with Gasteiger partial charge < -0.3 is 4.74 Å². The van der Waals surface area contributed by atoms with Crippen molar-refractivity contribution in [1.29, 1.82) is 0 Å². The Kier molecular flexibility index (Phi) is 7.12. The predicted molar refractivity (Wildman–Crippen MR) is 82.8 cm³/mol. The van der Waals surface area contributed by atoms with Crippen LogP contribution >= 0.6 is 15.9 Å². The molecule has 0 N–H and O–H groups in total. The number of ether oxygens (including phenoxy) is 1. The van der Waals surface area contributed by atoms with Crippen molar-refractivity contribution in [2.45, 2.75) is 20.4 Å². The minimum Gasteiger partial charge on any atom is -0.383 e. The minimum atomic E-state index is -0.366. The molecular weight excluding hydrogens is 324 g/mol. The number of halogens is 1. The Balaban J connectivity index is 2.87. The van der Waals surface area contributed by atoms with Gasteiger partial charge in [-0.15, -0.1) is 0 Å². The fourth-order valence-electron chi connectivity index (χ4n) is 2.04. The molecule has 0 aliphatic rings. The van der Waals surface area contributed by atoms with Crippen LogP contribution < -0.4 is 0 Å². The second-order valence-electron chi connectivity index (χ2n) is 5.13. The van der Waals surface area contributed by atoms with Crippen LogP contribution in [0, 0.1) is 16.0 Å². The molecule has 1 rings (SSSR count). The van der Waals surface area contributed by atoms with E-state index >= 15 is 0 Å². The number of benzene rings is 1. The van der Waals surface area contributed by atoms with E-state index < -0.39 is 0 Å². The molecule has 0 heterocycles. The molecule has 1 aromatic carbocycles. The Morgan fingerprint density at radius 1 is 1.45 bits per heavy atom. The van der Waals surface area contributed by atoms with Gasteiger partial charge in [0.05, 0.1) is 16.0 Å². The van der Waals surface area contributed by atoms with Crippen LogP contribution in [0.25, 0.3) is 0 Å². The van der Waals surface area contributed by atoms with Crippen molar-refractivity contribution < 1.29 is 9.66 Å². The highest BCUT2D eigenvalue weighted by molar-refractivity contribution is 9.10. The van der Waals surface area contributed by atoms with Crippen LogP contribution in [0.2, 0.25) is 0 Å². The van der Waals surface area contributed by atoms with Gasteiger partial charge in [-0.1, -0.05) is 26.0 Å². The first-order valence-corrected chi connectivity index (χ1v) is 7.38. The Morgan fingerprint density at radius 3 is 2.70 bits per heavy atom. The van der Waals surface area contributed by atoms with Crippen LogP contribution in [0.5, 0.6) is 0 Å². The topological polar surface area (TPSA) is 55.6 Å². The summed E-state index contributed by atoms with van der Waals surface area (Å²) in [5.41, 5.74) is 1.04. The van der Waals surface area contributed by atoms with Crippen LogP contribution in [0.4, 0.5) is 5.69 Å². The number of hydrogen-bond acceptors (Lipinski definition) is 4. The van der Waals surface area contributed by atoms with E-state index in [1.165, 1.54) is 6.07 Å². The molecule has 0 spiro atoms. The zero-order valence-corrected chi connectivity index (χ0v) is 13.7. The molecule has 0 aliphatic heterocycles. The Bertz CT molecular complexity index is 452. The van der Waals surface area contributed by atoms with E-state index in [0.717, 1.165) is 18.7 Å². The monoisotopic (exact) mass is 344 g/mol. The van der Waals surface area contributed by atoms with Gasteiger partial charge in [-0.25, -0.2) is 0 Å². The van der Waals surface area contributed by atoms with E-state index in [9.17, 15) is 10.1 Å². The molecular formula is C14H21BrN2O3. The maximum Gasteiger partial charge on any atom is 0.283 e. The number of hydrogen-bond donors (Lipinski definition) is 0. The average Bonchev–Trinajstić information content (AvgIpc) is 2.37. The molecule has 20 heavy (non-hydrogen) atoms. The van der Waals surface area contributed by atoms with Crippen LogP contribution in [0.3, 0.4) is 0 Å². The SMILES string of the molecule is COCCN(Cc1cccc([N+](=O)[O-])c1Br)CC(C)C. The second kappa shape index (κ2) is 8.34. The van der Waals surface area contributed by atoms with Gasteiger partial charge in [-0.3, -0.25) is 15.0 Å². The van der Waals surface area contributed by atoms with E-state index in [0.29, 0.717) is 23.5 Å². The molecule has 0 radical (unpaired) electrons. The molecule has 0 amide bonds. The van der Waals surface area contributed by atoms with Crippen molar-refractivity contribution >= 4 is 21.6 Å². The normalized spacial score (nSPS) is 11.3. The average molecular weight is 345 g/mol. The first-order chi connectivity index (χ1) is 9.45. The first-order valence-electron chi connectivity index (χ1n) is 6.58. The second-order valence-corrected chi connectivity index (χ2v) is 5.92. The molecule has 1 aromatic rings. The van der Waals surface area contributed by atoms with E-state index in [1.54, 1.807) is 13.2 Å². The number of nitrogens with zero attached hydrogens (tertiary/aromatic N) is 2. The van der Waals surface area contributed by atoms with E-state index in [4.69, 9.17) is 4.74 Å². The van der Waals surface area contributed by atoms with Crippen LogP contribution in [0.15, 0.2) is 22.7 Å². The summed E-state index contributed by atoms with van der Waals surface area (Å²) >= 11 is 3.35. The first kappa shape index (κ1) is 17.1. The number of nitro groups is 1. The third kappa shape index (κ3) is 5.19. The summed E-state index contributed by atoms with van der Waals surface area (Å²) in [6.45, 7) is 7.37. The van der Waals surface area contributed by atoms with E-state index in [1.807, 2.05) is 6.07 Å². The van der Waals surface area contributed by atoms with Crippen molar-refractivity contribution in [3.8, 4) is 0 Å². The lowest BCUT2D eigenvalue weighted by Gasteiger charge is -2.24. The quantitative estimate of drug-likeness (QED) is 0.535. The zero-order chi connectivity index (χ0) is 15.1. The fourth-order valence-corrected chi connectivity index (χ4v) is 2.58. The maximum absolute atomic E-state index is 11.0. The summed E-state index contributed by atoms with van der Waals surface area (Å²) in [5.74, 6) is 0.532. The Hall–Kier alpha value is -0.980. The molecule has 6 heteroatoms. The lowest BCUT2D eigenvalue weighted by molar-refractivity contribution is -0.385. The van der Waals surface area contributed by atoms with Crippen molar-refractivity contribution in [3.05, 3.63) is 38.3 Å². The third-order valence-electron chi connectivity index (χ3n) is 2.88. The van der Waals surface area contributed by atoms with Crippen LogP contribution in [-0.2, 0) is 11.3 Å². The molecule has 5 nitrogen and oxygen atoms in total. The number of nitro benzene ring substituents is 1. The summed E-state index contributed by atoms with van der Waals surface area (Å²) in [7, 11) is 1.68. The van der Waals surface area contributed by atoms with Gasteiger partial charge in [0.25, 0.3) is 5.69 Å². The predicted octanol–water partition coefficient (Wildman–Crippen LogP) is 3.46. The number of methoxy groups -OCH3 is 1. The van der Waals surface area contributed by atoms with Gasteiger partial charge in [0.1, 0.15) is 0 Å². The van der Waals surface area contributed by atoms with Gasteiger partial charge in [0, 0.05) is 32.8 Å². The van der Waals surface area contributed by atoms with Crippen LogP contribution in [0.1, 0.15) is 19.4 Å². The molecule has 0 fully saturated rings.